The minimum atomic E-state index is -0.672. The minimum absolute atomic E-state index is 0.619. The average molecular weight is 328 g/mol. The Labute approximate surface area is 141 Å². The van der Waals surface area contributed by atoms with Crippen LogP contribution >= 0.6 is 11.3 Å². The van der Waals surface area contributed by atoms with Crippen molar-refractivity contribution in [1.82, 2.24) is 10.3 Å². The van der Waals surface area contributed by atoms with Gasteiger partial charge in [0, 0.05) is 16.9 Å². The Balaban J connectivity index is 1.62. The zero-order valence-electron chi connectivity index (χ0n) is 13.6. The largest absolute Gasteiger partial charge is 0.385 e. The number of aliphatic hydroxyl groups is 1. The molecule has 2 aliphatic rings. The summed E-state index contributed by atoms with van der Waals surface area (Å²) in [5, 5.41) is 17.4. The highest BCUT2D eigenvalue weighted by Crippen LogP contribution is 2.37. The molecule has 4 heteroatoms. The Bertz CT molecular complexity index is 701. The van der Waals surface area contributed by atoms with Crippen LogP contribution in [0.15, 0.2) is 23.6 Å². The van der Waals surface area contributed by atoms with Crippen LogP contribution in [-0.4, -0.2) is 23.2 Å². The normalized spacial score (nSPS) is 25.3. The number of fused-ring (bicyclic) bond motifs is 1. The first-order valence-electron chi connectivity index (χ1n) is 8.66. The van der Waals surface area contributed by atoms with Gasteiger partial charge in [0.2, 0.25) is 0 Å². The quantitative estimate of drug-likeness (QED) is 0.881. The van der Waals surface area contributed by atoms with Gasteiger partial charge in [-0.05, 0) is 69.3 Å². The van der Waals surface area contributed by atoms with Gasteiger partial charge in [0.25, 0.3) is 0 Å². The molecule has 1 fully saturated rings. The number of nitrogens with one attached hydrogen (secondary N) is 1. The predicted molar refractivity (Wildman–Crippen MR) is 94.9 cm³/mol. The lowest BCUT2D eigenvalue weighted by Crippen LogP contribution is -2.26. The first-order valence-corrected chi connectivity index (χ1v) is 9.54. The second kappa shape index (κ2) is 6.00. The lowest BCUT2D eigenvalue weighted by molar-refractivity contribution is 0.0387. The van der Waals surface area contributed by atoms with Crippen LogP contribution in [0, 0.1) is 0 Å². The molecule has 0 spiro atoms. The SMILES string of the molecule is CC1(O)CCCc2cc(-c3csc(C4CCNCC4)n3)ccc21. The first-order chi connectivity index (χ1) is 11.1. The smallest absolute Gasteiger partial charge is 0.0964 e. The van der Waals surface area contributed by atoms with Crippen LogP contribution in [0.4, 0.5) is 0 Å². The number of benzene rings is 1. The van der Waals surface area contributed by atoms with E-state index in [2.05, 4.69) is 28.9 Å². The highest BCUT2D eigenvalue weighted by Gasteiger charge is 2.29. The minimum Gasteiger partial charge on any atom is -0.385 e. The van der Waals surface area contributed by atoms with E-state index in [0.717, 1.165) is 43.6 Å². The van der Waals surface area contributed by atoms with Crippen molar-refractivity contribution in [2.75, 3.05) is 13.1 Å². The number of piperidine rings is 1. The molecule has 1 aliphatic carbocycles. The van der Waals surface area contributed by atoms with E-state index in [1.807, 2.05) is 6.92 Å². The maximum Gasteiger partial charge on any atom is 0.0964 e. The van der Waals surface area contributed by atoms with E-state index >= 15 is 0 Å². The molecule has 3 nitrogen and oxygen atoms in total. The summed E-state index contributed by atoms with van der Waals surface area (Å²) in [4.78, 5) is 4.92. The van der Waals surface area contributed by atoms with Crippen LogP contribution < -0.4 is 5.32 Å². The van der Waals surface area contributed by atoms with Crippen LogP contribution in [-0.2, 0) is 12.0 Å². The van der Waals surface area contributed by atoms with Crippen molar-refractivity contribution >= 4 is 11.3 Å². The monoisotopic (exact) mass is 328 g/mol. The third-order valence-corrected chi connectivity index (χ3v) is 6.31. The van der Waals surface area contributed by atoms with Crippen LogP contribution in [0.5, 0.6) is 0 Å². The fourth-order valence-corrected chi connectivity index (χ4v) is 4.92. The highest BCUT2D eigenvalue weighted by atomic mass is 32.1. The molecule has 2 heterocycles. The molecule has 1 atom stereocenters. The molecule has 1 unspecified atom stereocenters. The van der Waals surface area contributed by atoms with Crippen molar-refractivity contribution in [3.8, 4) is 11.3 Å². The van der Waals surface area contributed by atoms with Crippen LogP contribution in [0.1, 0.15) is 54.7 Å². The summed E-state index contributed by atoms with van der Waals surface area (Å²) in [7, 11) is 0. The van der Waals surface area contributed by atoms with Crippen LogP contribution in [0.3, 0.4) is 0 Å². The number of hydrogen-bond donors (Lipinski definition) is 2. The maximum atomic E-state index is 10.5. The number of rotatable bonds is 2. The van der Waals surface area contributed by atoms with Gasteiger partial charge in [0.05, 0.1) is 16.3 Å². The highest BCUT2D eigenvalue weighted by molar-refractivity contribution is 7.10. The molecule has 0 saturated carbocycles. The van der Waals surface area contributed by atoms with E-state index < -0.39 is 5.60 Å². The molecule has 2 N–H and O–H groups in total. The van der Waals surface area contributed by atoms with Crippen molar-refractivity contribution in [2.45, 2.75) is 50.5 Å². The second-order valence-corrected chi connectivity index (χ2v) is 7.98. The van der Waals surface area contributed by atoms with Crippen molar-refractivity contribution in [2.24, 2.45) is 0 Å². The van der Waals surface area contributed by atoms with Gasteiger partial charge in [-0.25, -0.2) is 4.98 Å². The van der Waals surface area contributed by atoms with Crippen molar-refractivity contribution in [1.29, 1.82) is 0 Å². The molecule has 1 saturated heterocycles. The molecule has 1 aliphatic heterocycles. The summed E-state index contributed by atoms with van der Waals surface area (Å²) in [5.74, 6) is 0.619. The number of nitrogens with zero attached hydrogens (tertiary/aromatic N) is 1. The Morgan fingerprint density at radius 3 is 2.96 bits per heavy atom. The number of aryl methyl sites for hydroxylation is 1. The van der Waals surface area contributed by atoms with E-state index in [4.69, 9.17) is 4.98 Å². The van der Waals surface area contributed by atoms with Crippen LogP contribution in [0.2, 0.25) is 0 Å². The predicted octanol–water partition coefficient (Wildman–Crippen LogP) is 3.82. The molecular weight excluding hydrogens is 304 g/mol. The number of thiazole rings is 1. The lowest BCUT2D eigenvalue weighted by atomic mass is 9.80. The van der Waals surface area contributed by atoms with Crippen molar-refractivity contribution in [3.05, 3.63) is 39.7 Å². The third-order valence-electron chi connectivity index (χ3n) is 5.30. The van der Waals surface area contributed by atoms with E-state index in [9.17, 15) is 5.11 Å². The molecule has 0 amide bonds. The first kappa shape index (κ1) is 15.3. The van der Waals surface area contributed by atoms with Gasteiger partial charge in [0.15, 0.2) is 0 Å². The number of hydrogen-bond acceptors (Lipinski definition) is 4. The summed E-state index contributed by atoms with van der Waals surface area (Å²) in [6.45, 7) is 4.14. The molecule has 1 aromatic heterocycles. The molecule has 4 rings (SSSR count). The topological polar surface area (TPSA) is 45.1 Å². The molecule has 122 valence electrons. The Kier molecular flexibility index (Phi) is 4.00. The van der Waals surface area contributed by atoms with E-state index in [0.29, 0.717) is 5.92 Å². The molecule has 0 radical (unpaired) electrons. The molecule has 23 heavy (non-hydrogen) atoms. The van der Waals surface area contributed by atoms with E-state index in [1.165, 1.54) is 29.0 Å². The van der Waals surface area contributed by atoms with Gasteiger partial charge in [0.1, 0.15) is 0 Å². The zero-order valence-corrected chi connectivity index (χ0v) is 14.5. The fraction of sp³-hybridized carbons (Fsp3) is 0.526. The van der Waals surface area contributed by atoms with Gasteiger partial charge in [-0.3, -0.25) is 0 Å². The summed E-state index contributed by atoms with van der Waals surface area (Å²) in [6.07, 6.45) is 5.36. The Morgan fingerprint density at radius 2 is 2.13 bits per heavy atom. The summed E-state index contributed by atoms with van der Waals surface area (Å²) >= 11 is 1.80. The number of aromatic nitrogens is 1. The molecule has 0 bridgehead atoms. The third kappa shape index (κ3) is 2.95. The summed E-state index contributed by atoms with van der Waals surface area (Å²) in [6, 6.07) is 6.47. The summed E-state index contributed by atoms with van der Waals surface area (Å²) < 4.78 is 0. The second-order valence-electron chi connectivity index (χ2n) is 7.09. The standard InChI is InChI=1S/C19H24N2OS/c1-19(22)8-2-3-14-11-15(4-5-16(14)19)17-12-23-18(21-17)13-6-9-20-10-7-13/h4-5,11-13,20,22H,2-3,6-10H2,1H3. The van der Waals surface area contributed by atoms with Gasteiger partial charge >= 0.3 is 0 Å². The molecule has 2 aromatic rings. The van der Waals surface area contributed by atoms with E-state index in [1.54, 1.807) is 11.3 Å². The fourth-order valence-electron chi connectivity index (χ4n) is 3.92. The van der Waals surface area contributed by atoms with Crippen LogP contribution in [0.25, 0.3) is 11.3 Å². The van der Waals surface area contributed by atoms with Gasteiger partial charge in [-0.2, -0.15) is 0 Å². The molecule has 1 aromatic carbocycles. The summed E-state index contributed by atoms with van der Waals surface area (Å²) in [5.41, 5.74) is 4.00. The zero-order chi connectivity index (χ0) is 15.9. The van der Waals surface area contributed by atoms with Crippen molar-refractivity contribution in [3.63, 3.8) is 0 Å². The van der Waals surface area contributed by atoms with E-state index in [-0.39, 0.29) is 0 Å². The lowest BCUT2D eigenvalue weighted by Gasteiger charge is -2.31. The molecular formula is C19H24N2OS. The maximum absolute atomic E-state index is 10.5. The Hall–Kier alpha value is -1.23. The van der Waals surface area contributed by atoms with Gasteiger partial charge < -0.3 is 10.4 Å². The van der Waals surface area contributed by atoms with Crippen molar-refractivity contribution < 1.29 is 5.11 Å². The van der Waals surface area contributed by atoms with Gasteiger partial charge in [-0.15, -0.1) is 11.3 Å². The Morgan fingerprint density at radius 1 is 1.30 bits per heavy atom. The van der Waals surface area contributed by atoms with Gasteiger partial charge in [-0.1, -0.05) is 12.1 Å². The average Bonchev–Trinajstić information content (AvgIpc) is 3.05.